The van der Waals surface area contributed by atoms with E-state index in [-0.39, 0.29) is 0 Å². The molecule has 1 N–H and O–H groups in total. The molecule has 1 aromatic heterocycles. The molecule has 80 valence electrons. The first-order valence-corrected chi connectivity index (χ1v) is 6.05. The summed E-state index contributed by atoms with van der Waals surface area (Å²) in [5.41, 5.74) is 0.721. The molecule has 1 saturated carbocycles. The molecule has 0 amide bonds. The molecule has 2 aliphatic rings. The van der Waals surface area contributed by atoms with E-state index >= 15 is 0 Å². The maximum absolute atomic E-state index is 10.2. The molecule has 0 bridgehead atoms. The summed E-state index contributed by atoms with van der Waals surface area (Å²) >= 11 is 3.48. The fourth-order valence-corrected chi connectivity index (χ4v) is 2.79. The normalized spacial score (nSPS) is 23.7. The molecule has 15 heavy (non-hydrogen) atoms. The largest absolute Gasteiger partial charge is 0.386 e. The molecule has 3 nitrogen and oxygen atoms in total. The number of nitrogens with zero attached hydrogens (tertiary/aromatic N) is 2. The van der Waals surface area contributed by atoms with Crippen molar-refractivity contribution in [3.05, 3.63) is 22.9 Å². The third-order valence-electron chi connectivity index (χ3n) is 3.36. The number of rotatable bonds is 2. The Morgan fingerprint density at radius 2 is 2.20 bits per heavy atom. The van der Waals surface area contributed by atoms with Gasteiger partial charge in [0.1, 0.15) is 5.60 Å². The number of β-amino-alcohol motifs (C(OH)–C–C–N with tert-alkyl or cyclic N) is 1. The van der Waals surface area contributed by atoms with Crippen LogP contribution in [-0.2, 0) is 0 Å². The first-order chi connectivity index (χ1) is 7.19. The molecule has 0 aromatic carbocycles. The second kappa shape index (κ2) is 3.19. The van der Waals surface area contributed by atoms with Gasteiger partial charge in [-0.1, -0.05) is 0 Å². The molecule has 4 heteroatoms. The van der Waals surface area contributed by atoms with Gasteiger partial charge in [0.15, 0.2) is 0 Å². The predicted molar refractivity (Wildman–Crippen MR) is 61.8 cm³/mol. The number of halogens is 1. The van der Waals surface area contributed by atoms with Gasteiger partial charge in [0.25, 0.3) is 0 Å². The Kier molecular flexibility index (Phi) is 2.04. The average Bonchev–Trinajstić information content (AvgIpc) is 2.97. The van der Waals surface area contributed by atoms with E-state index in [9.17, 15) is 5.11 Å². The summed E-state index contributed by atoms with van der Waals surface area (Å²) in [6.45, 7) is 1.53. The molecule has 1 aliphatic heterocycles. The van der Waals surface area contributed by atoms with Crippen LogP contribution < -0.4 is 4.90 Å². The number of aliphatic hydroxyl groups is 1. The van der Waals surface area contributed by atoms with Crippen molar-refractivity contribution in [2.45, 2.75) is 18.4 Å². The molecule has 0 unspecified atom stereocenters. The Balaban J connectivity index is 1.74. The minimum Gasteiger partial charge on any atom is -0.386 e. The van der Waals surface area contributed by atoms with Crippen LogP contribution in [0, 0.1) is 5.92 Å². The van der Waals surface area contributed by atoms with Crippen molar-refractivity contribution in [2.24, 2.45) is 5.92 Å². The average molecular weight is 269 g/mol. The van der Waals surface area contributed by atoms with Crippen LogP contribution in [0.25, 0.3) is 0 Å². The fraction of sp³-hybridized carbons (Fsp3) is 0.545. The van der Waals surface area contributed by atoms with Gasteiger partial charge in [-0.05, 0) is 40.8 Å². The zero-order valence-electron chi connectivity index (χ0n) is 8.36. The van der Waals surface area contributed by atoms with Crippen LogP contribution in [0.15, 0.2) is 22.9 Å². The van der Waals surface area contributed by atoms with Gasteiger partial charge in [-0.2, -0.15) is 0 Å². The van der Waals surface area contributed by atoms with E-state index < -0.39 is 5.60 Å². The summed E-state index contributed by atoms with van der Waals surface area (Å²) in [7, 11) is 0. The van der Waals surface area contributed by atoms with Gasteiger partial charge in [-0.15, -0.1) is 0 Å². The number of anilines is 1. The van der Waals surface area contributed by atoms with Crippen molar-refractivity contribution in [3.8, 4) is 0 Å². The Labute approximate surface area is 97.3 Å². The van der Waals surface area contributed by atoms with E-state index in [2.05, 4.69) is 25.8 Å². The molecule has 1 aliphatic carbocycles. The SMILES string of the molecule is OC1(C2CC2)CN(c2ccncc2Br)C1. The zero-order valence-corrected chi connectivity index (χ0v) is 9.94. The lowest BCUT2D eigenvalue weighted by molar-refractivity contribution is -0.00937. The van der Waals surface area contributed by atoms with Crippen LogP contribution in [-0.4, -0.2) is 28.8 Å². The Hall–Kier alpha value is -0.610. The van der Waals surface area contributed by atoms with Gasteiger partial charge >= 0.3 is 0 Å². The summed E-state index contributed by atoms with van der Waals surface area (Å²) in [5.74, 6) is 0.550. The van der Waals surface area contributed by atoms with Crippen LogP contribution in [0.1, 0.15) is 12.8 Å². The number of aromatic nitrogens is 1. The molecule has 3 rings (SSSR count). The lowest BCUT2D eigenvalue weighted by Gasteiger charge is -2.48. The van der Waals surface area contributed by atoms with Crippen molar-refractivity contribution < 1.29 is 5.11 Å². The van der Waals surface area contributed by atoms with Crippen molar-refractivity contribution in [3.63, 3.8) is 0 Å². The van der Waals surface area contributed by atoms with Crippen LogP contribution in [0.5, 0.6) is 0 Å². The van der Waals surface area contributed by atoms with Gasteiger partial charge in [0.2, 0.25) is 0 Å². The molecule has 0 atom stereocenters. The fourth-order valence-electron chi connectivity index (χ4n) is 2.29. The van der Waals surface area contributed by atoms with Crippen LogP contribution in [0.3, 0.4) is 0 Å². The maximum atomic E-state index is 10.2. The van der Waals surface area contributed by atoms with Crippen LogP contribution >= 0.6 is 15.9 Å². The minimum absolute atomic E-state index is 0.414. The van der Waals surface area contributed by atoms with Gasteiger partial charge < -0.3 is 10.0 Å². The molecule has 2 fully saturated rings. The monoisotopic (exact) mass is 268 g/mol. The highest BCUT2D eigenvalue weighted by atomic mass is 79.9. The molecule has 0 radical (unpaired) electrons. The third kappa shape index (κ3) is 1.56. The van der Waals surface area contributed by atoms with E-state index in [1.165, 1.54) is 12.8 Å². The summed E-state index contributed by atoms with van der Waals surface area (Å²) < 4.78 is 1.00. The Morgan fingerprint density at radius 3 is 2.80 bits per heavy atom. The molecule has 0 spiro atoms. The smallest absolute Gasteiger partial charge is 0.102 e. The van der Waals surface area contributed by atoms with E-state index in [4.69, 9.17) is 0 Å². The Bertz CT molecular complexity index is 386. The second-order valence-corrected chi connectivity index (χ2v) is 5.42. The van der Waals surface area contributed by atoms with E-state index in [1.54, 1.807) is 12.4 Å². The topological polar surface area (TPSA) is 36.4 Å². The van der Waals surface area contributed by atoms with Gasteiger partial charge in [0, 0.05) is 25.5 Å². The standard InChI is InChI=1S/C11H13BrN2O/c12-9-5-13-4-3-10(9)14-6-11(15,7-14)8-1-2-8/h3-5,8,15H,1-2,6-7H2. The van der Waals surface area contributed by atoms with Gasteiger partial charge in [-0.25, -0.2) is 0 Å². The summed E-state index contributed by atoms with van der Waals surface area (Å²) in [6, 6.07) is 1.98. The Morgan fingerprint density at radius 1 is 1.47 bits per heavy atom. The first-order valence-electron chi connectivity index (χ1n) is 5.26. The quantitative estimate of drug-likeness (QED) is 0.889. The predicted octanol–water partition coefficient (Wildman–Crippen LogP) is 1.81. The molecule has 1 aromatic rings. The number of pyridine rings is 1. The zero-order chi connectivity index (χ0) is 10.5. The van der Waals surface area contributed by atoms with E-state index in [1.807, 2.05) is 6.07 Å². The van der Waals surface area contributed by atoms with Gasteiger partial charge in [-0.3, -0.25) is 4.98 Å². The van der Waals surface area contributed by atoms with Gasteiger partial charge in [0.05, 0.1) is 10.2 Å². The summed E-state index contributed by atoms with van der Waals surface area (Å²) in [5, 5.41) is 10.2. The molecule has 2 heterocycles. The number of hydrogen-bond donors (Lipinski definition) is 1. The summed E-state index contributed by atoms with van der Waals surface area (Å²) in [6.07, 6.45) is 5.97. The lowest BCUT2D eigenvalue weighted by atomic mass is 9.88. The highest BCUT2D eigenvalue weighted by Gasteiger charge is 2.52. The maximum Gasteiger partial charge on any atom is 0.102 e. The summed E-state index contributed by atoms with van der Waals surface area (Å²) in [4.78, 5) is 6.23. The molecular formula is C11H13BrN2O. The molecule has 1 saturated heterocycles. The van der Waals surface area contributed by atoms with Crippen molar-refractivity contribution in [1.29, 1.82) is 0 Å². The van der Waals surface area contributed by atoms with E-state index in [0.29, 0.717) is 5.92 Å². The third-order valence-corrected chi connectivity index (χ3v) is 3.97. The highest BCUT2D eigenvalue weighted by molar-refractivity contribution is 9.10. The number of hydrogen-bond acceptors (Lipinski definition) is 3. The molecular weight excluding hydrogens is 256 g/mol. The van der Waals surface area contributed by atoms with E-state index in [0.717, 1.165) is 23.2 Å². The second-order valence-electron chi connectivity index (χ2n) is 4.56. The highest BCUT2D eigenvalue weighted by Crippen LogP contribution is 2.46. The minimum atomic E-state index is -0.414. The van der Waals surface area contributed by atoms with Crippen molar-refractivity contribution in [2.75, 3.05) is 18.0 Å². The lowest BCUT2D eigenvalue weighted by Crippen LogP contribution is -2.63. The van der Waals surface area contributed by atoms with Crippen LogP contribution in [0.2, 0.25) is 0 Å². The van der Waals surface area contributed by atoms with Crippen molar-refractivity contribution in [1.82, 2.24) is 4.98 Å². The van der Waals surface area contributed by atoms with Crippen LogP contribution in [0.4, 0.5) is 5.69 Å². The van der Waals surface area contributed by atoms with Crippen molar-refractivity contribution >= 4 is 21.6 Å². The first kappa shape index (κ1) is 9.60.